The third kappa shape index (κ3) is 2.89. The normalized spacial score (nSPS) is 16.3. The average Bonchev–Trinajstić information content (AvgIpc) is 2.38. The van der Waals surface area contributed by atoms with Crippen LogP contribution in [0.15, 0.2) is 18.2 Å². The number of anilines is 1. The molecular formula is C16H24N2O2. The quantitative estimate of drug-likeness (QED) is 0.785. The summed E-state index contributed by atoms with van der Waals surface area (Å²) in [6.07, 6.45) is 4.77. The molecule has 1 aliphatic carbocycles. The van der Waals surface area contributed by atoms with Crippen molar-refractivity contribution in [2.75, 3.05) is 18.9 Å². The molecule has 2 rings (SSSR count). The van der Waals surface area contributed by atoms with Crippen LogP contribution in [0.3, 0.4) is 0 Å². The molecule has 4 heteroatoms. The van der Waals surface area contributed by atoms with Gasteiger partial charge < -0.3 is 15.8 Å². The van der Waals surface area contributed by atoms with Gasteiger partial charge in [-0.25, -0.2) is 0 Å². The highest BCUT2D eigenvalue weighted by Gasteiger charge is 2.35. The molecule has 1 aromatic carbocycles. The molecule has 4 nitrogen and oxygen atoms in total. The zero-order chi connectivity index (χ0) is 14.6. The van der Waals surface area contributed by atoms with Gasteiger partial charge in [-0.1, -0.05) is 19.4 Å². The number of carbonyl (C=O) groups excluding carboxylic acids is 1. The average molecular weight is 276 g/mol. The Morgan fingerprint density at radius 2 is 2.15 bits per heavy atom. The van der Waals surface area contributed by atoms with Crippen molar-refractivity contribution in [3.63, 3.8) is 0 Å². The van der Waals surface area contributed by atoms with Gasteiger partial charge in [0.2, 0.25) is 0 Å². The van der Waals surface area contributed by atoms with Crippen molar-refractivity contribution < 1.29 is 9.53 Å². The largest absolute Gasteiger partial charge is 0.493 e. The van der Waals surface area contributed by atoms with Crippen LogP contribution in [-0.4, -0.2) is 19.1 Å². The summed E-state index contributed by atoms with van der Waals surface area (Å²) in [4.78, 5) is 12.4. The molecule has 20 heavy (non-hydrogen) atoms. The molecule has 1 amide bonds. The Morgan fingerprint density at radius 3 is 2.70 bits per heavy atom. The molecule has 0 saturated heterocycles. The van der Waals surface area contributed by atoms with E-state index < -0.39 is 0 Å². The first-order valence-corrected chi connectivity index (χ1v) is 7.41. The fourth-order valence-electron chi connectivity index (χ4n) is 2.76. The predicted octanol–water partition coefficient (Wildman–Crippen LogP) is 2.98. The fraction of sp³-hybridized carbons (Fsp3) is 0.562. The van der Waals surface area contributed by atoms with Crippen LogP contribution in [0, 0.1) is 5.41 Å². The highest BCUT2D eigenvalue weighted by Crippen LogP contribution is 2.43. The van der Waals surface area contributed by atoms with Gasteiger partial charge in [0.15, 0.2) is 0 Å². The second-order valence-corrected chi connectivity index (χ2v) is 5.54. The van der Waals surface area contributed by atoms with E-state index in [0.717, 1.165) is 13.0 Å². The van der Waals surface area contributed by atoms with Crippen LogP contribution in [-0.2, 0) is 0 Å². The smallest absolute Gasteiger partial charge is 0.257 e. The lowest BCUT2D eigenvalue weighted by Crippen LogP contribution is -2.41. The van der Waals surface area contributed by atoms with Gasteiger partial charge in [-0.2, -0.15) is 0 Å². The second-order valence-electron chi connectivity index (χ2n) is 5.54. The Labute approximate surface area is 120 Å². The molecule has 0 radical (unpaired) electrons. The highest BCUT2D eigenvalue weighted by atomic mass is 16.5. The minimum atomic E-state index is -0.133. The van der Waals surface area contributed by atoms with E-state index in [2.05, 4.69) is 12.2 Å². The predicted molar refractivity (Wildman–Crippen MR) is 80.9 cm³/mol. The van der Waals surface area contributed by atoms with Gasteiger partial charge in [0, 0.05) is 12.2 Å². The molecule has 110 valence electrons. The summed E-state index contributed by atoms with van der Waals surface area (Å²) < 4.78 is 5.50. The number of nitrogens with one attached hydrogen (secondary N) is 1. The van der Waals surface area contributed by atoms with Crippen LogP contribution >= 0.6 is 0 Å². The summed E-state index contributed by atoms with van der Waals surface area (Å²) in [6, 6.07) is 5.32. The van der Waals surface area contributed by atoms with E-state index in [1.165, 1.54) is 19.3 Å². The number of ether oxygens (including phenoxy) is 1. The third-order valence-corrected chi connectivity index (χ3v) is 4.37. The van der Waals surface area contributed by atoms with Gasteiger partial charge in [0.05, 0.1) is 6.61 Å². The van der Waals surface area contributed by atoms with E-state index >= 15 is 0 Å². The molecule has 0 bridgehead atoms. The first-order valence-electron chi connectivity index (χ1n) is 7.41. The Kier molecular flexibility index (Phi) is 4.53. The molecule has 0 atom stereocenters. The summed E-state index contributed by atoms with van der Waals surface area (Å²) >= 11 is 0. The van der Waals surface area contributed by atoms with Crippen LogP contribution in [0.25, 0.3) is 0 Å². The molecule has 1 aliphatic rings. The van der Waals surface area contributed by atoms with E-state index in [1.54, 1.807) is 18.2 Å². The molecule has 1 saturated carbocycles. The van der Waals surface area contributed by atoms with Gasteiger partial charge in [-0.05, 0) is 43.7 Å². The van der Waals surface area contributed by atoms with Crippen molar-refractivity contribution in [3.05, 3.63) is 23.8 Å². The number of amides is 1. The van der Waals surface area contributed by atoms with Crippen molar-refractivity contribution in [2.45, 2.75) is 39.5 Å². The second kappa shape index (κ2) is 6.16. The first-order chi connectivity index (χ1) is 9.62. The maximum absolute atomic E-state index is 12.4. The maximum Gasteiger partial charge on any atom is 0.257 e. The topological polar surface area (TPSA) is 64.3 Å². The van der Waals surface area contributed by atoms with Gasteiger partial charge in [0.1, 0.15) is 11.3 Å². The highest BCUT2D eigenvalue weighted by molar-refractivity contribution is 6.01. The van der Waals surface area contributed by atoms with Gasteiger partial charge >= 0.3 is 0 Å². The lowest BCUT2D eigenvalue weighted by Gasteiger charge is -2.41. The van der Waals surface area contributed by atoms with Crippen molar-refractivity contribution in [2.24, 2.45) is 5.41 Å². The summed E-state index contributed by atoms with van der Waals surface area (Å²) in [5.74, 6) is 0.426. The summed E-state index contributed by atoms with van der Waals surface area (Å²) in [7, 11) is 0. The minimum absolute atomic E-state index is 0.133. The SMILES string of the molecule is CCOc1cccc(N)c1C(=O)NCC1(CC)CCC1. The molecule has 3 N–H and O–H groups in total. The van der Waals surface area contributed by atoms with Crippen LogP contribution in [0.5, 0.6) is 5.75 Å². The molecule has 0 aromatic heterocycles. The third-order valence-electron chi connectivity index (χ3n) is 4.37. The number of nitrogen functional groups attached to an aromatic ring is 1. The number of benzene rings is 1. The summed E-state index contributed by atoms with van der Waals surface area (Å²) in [5, 5.41) is 3.03. The number of hydrogen-bond donors (Lipinski definition) is 2. The lowest BCUT2D eigenvalue weighted by atomic mass is 9.67. The van der Waals surface area contributed by atoms with Gasteiger partial charge in [-0.3, -0.25) is 4.79 Å². The Morgan fingerprint density at radius 1 is 1.40 bits per heavy atom. The van der Waals surface area contributed by atoms with E-state index in [0.29, 0.717) is 29.0 Å². The van der Waals surface area contributed by atoms with E-state index in [9.17, 15) is 4.79 Å². The molecule has 0 spiro atoms. The van der Waals surface area contributed by atoms with Crippen LogP contribution in [0.1, 0.15) is 49.9 Å². The van der Waals surface area contributed by atoms with Gasteiger partial charge in [0.25, 0.3) is 5.91 Å². The molecule has 0 unspecified atom stereocenters. The van der Waals surface area contributed by atoms with Crippen molar-refractivity contribution in [1.29, 1.82) is 0 Å². The zero-order valence-corrected chi connectivity index (χ0v) is 12.4. The number of rotatable bonds is 6. The van der Waals surface area contributed by atoms with Crippen molar-refractivity contribution >= 4 is 11.6 Å². The first kappa shape index (κ1) is 14.7. The number of hydrogen-bond acceptors (Lipinski definition) is 3. The van der Waals surface area contributed by atoms with Crippen LogP contribution in [0.4, 0.5) is 5.69 Å². The summed E-state index contributed by atoms with van der Waals surface area (Å²) in [5.41, 5.74) is 7.15. The van der Waals surface area contributed by atoms with Crippen molar-refractivity contribution in [1.82, 2.24) is 5.32 Å². The zero-order valence-electron chi connectivity index (χ0n) is 12.4. The minimum Gasteiger partial charge on any atom is -0.493 e. The lowest BCUT2D eigenvalue weighted by molar-refractivity contribution is 0.0847. The number of nitrogens with two attached hydrogens (primary N) is 1. The fourth-order valence-corrected chi connectivity index (χ4v) is 2.76. The van der Waals surface area contributed by atoms with E-state index in [1.807, 2.05) is 6.92 Å². The van der Waals surface area contributed by atoms with E-state index in [4.69, 9.17) is 10.5 Å². The van der Waals surface area contributed by atoms with Crippen LogP contribution in [0.2, 0.25) is 0 Å². The van der Waals surface area contributed by atoms with Gasteiger partial charge in [-0.15, -0.1) is 0 Å². The molecular weight excluding hydrogens is 252 g/mol. The van der Waals surface area contributed by atoms with E-state index in [-0.39, 0.29) is 5.91 Å². The molecule has 1 aromatic rings. The molecule has 0 aliphatic heterocycles. The summed E-state index contributed by atoms with van der Waals surface area (Å²) in [6.45, 7) is 5.32. The van der Waals surface area contributed by atoms with Crippen LogP contribution < -0.4 is 15.8 Å². The van der Waals surface area contributed by atoms with Crippen molar-refractivity contribution in [3.8, 4) is 5.75 Å². The number of carbonyl (C=O) groups is 1. The Balaban J connectivity index is 2.08. The Bertz CT molecular complexity index is 476. The molecule has 1 fully saturated rings. The maximum atomic E-state index is 12.4. The molecule has 0 heterocycles. The standard InChI is InChI=1S/C16H24N2O2/c1-3-16(9-6-10-16)11-18-15(19)14-12(17)7-5-8-13(14)20-4-2/h5,7-8H,3-4,6,9-11,17H2,1-2H3,(H,18,19). The monoisotopic (exact) mass is 276 g/mol. The Hall–Kier alpha value is -1.71.